The van der Waals surface area contributed by atoms with E-state index in [2.05, 4.69) is 5.32 Å². The Morgan fingerprint density at radius 2 is 1.94 bits per heavy atom. The minimum Gasteiger partial charge on any atom is -0.467 e. The number of hydrogen-bond donors (Lipinski definition) is 2. The third-order valence-corrected chi connectivity index (χ3v) is 6.61. The summed E-state index contributed by atoms with van der Waals surface area (Å²) in [5.74, 6) is 0.472. The number of hydrogen-bond acceptors (Lipinski definition) is 7. The summed E-state index contributed by atoms with van der Waals surface area (Å²) in [6.07, 6.45) is 0.809. The lowest BCUT2D eigenvalue weighted by Gasteiger charge is -2.56. The molecule has 0 aliphatic carbocycles. The fourth-order valence-electron chi connectivity index (χ4n) is 4.71. The Kier molecular flexibility index (Phi) is 7.14. The zero-order valence-electron chi connectivity index (χ0n) is 19.4. The van der Waals surface area contributed by atoms with E-state index >= 15 is 0 Å². The molecule has 2 aliphatic rings. The Morgan fingerprint density at radius 1 is 1.18 bits per heavy atom. The minimum atomic E-state index is -1.04. The molecule has 2 fully saturated rings. The van der Waals surface area contributed by atoms with E-state index in [0.29, 0.717) is 18.8 Å². The van der Waals surface area contributed by atoms with Crippen molar-refractivity contribution in [3.05, 3.63) is 60.1 Å². The fourth-order valence-corrected chi connectivity index (χ4v) is 4.71. The molecule has 1 aromatic heterocycles. The van der Waals surface area contributed by atoms with Crippen molar-refractivity contribution in [2.24, 2.45) is 5.92 Å². The second kappa shape index (κ2) is 10.0. The van der Waals surface area contributed by atoms with Gasteiger partial charge in [-0.25, -0.2) is 5.01 Å². The molecule has 2 aliphatic heterocycles. The number of nitrogens with one attached hydrogen (secondary N) is 1. The molecular formula is C24H33N5O4. The van der Waals surface area contributed by atoms with Crippen molar-refractivity contribution in [2.75, 3.05) is 20.1 Å². The third-order valence-electron chi connectivity index (χ3n) is 6.61. The highest BCUT2D eigenvalue weighted by molar-refractivity contribution is 5.90. The monoisotopic (exact) mass is 455 g/mol. The zero-order valence-corrected chi connectivity index (χ0v) is 19.4. The lowest BCUT2D eigenvalue weighted by Crippen LogP contribution is -2.77. The molecule has 0 spiro atoms. The van der Waals surface area contributed by atoms with E-state index in [1.165, 1.54) is 0 Å². The molecule has 9 nitrogen and oxygen atoms in total. The van der Waals surface area contributed by atoms with Crippen LogP contribution in [0.25, 0.3) is 0 Å². The van der Waals surface area contributed by atoms with E-state index in [1.54, 1.807) is 39.2 Å². The molecule has 33 heavy (non-hydrogen) atoms. The van der Waals surface area contributed by atoms with Crippen molar-refractivity contribution >= 4 is 11.8 Å². The first-order chi connectivity index (χ1) is 15.9. The Balaban J connectivity index is 1.61. The van der Waals surface area contributed by atoms with Crippen molar-refractivity contribution < 1.29 is 19.1 Å². The van der Waals surface area contributed by atoms with Crippen molar-refractivity contribution in [3.63, 3.8) is 0 Å². The number of furan rings is 1. The smallest absolute Gasteiger partial charge is 0.246 e. The van der Waals surface area contributed by atoms with Gasteiger partial charge in [-0.2, -0.15) is 5.01 Å². The van der Waals surface area contributed by atoms with Crippen molar-refractivity contribution in [2.45, 2.75) is 51.9 Å². The van der Waals surface area contributed by atoms with Crippen LogP contribution in [-0.4, -0.2) is 75.4 Å². The number of amides is 2. The van der Waals surface area contributed by atoms with Crippen molar-refractivity contribution in [1.82, 2.24) is 25.1 Å². The predicted molar refractivity (Wildman–Crippen MR) is 122 cm³/mol. The van der Waals surface area contributed by atoms with Gasteiger partial charge in [-0.05, 0) is 23.6 Å². The molecule has 0 bridgehead atoms. The van der Waals surface area contributed by atoms with Crippen LogP contribution in [0.2, 0.25) is 0 Å². The molecule has 2 saturated heterocycles. The van der Waals surface area contributed by atoms with Gasteiger partial charge in [0.1, 0.15) is 18.0 Å². The van der Waals surface area contributed by atoms with Crippen LogP contribution < -0.4 is 5.32 Å². The molecule has 1 aromatic carbocycles. The number of carbonyl (C=O) groups excluding carboxylic acids is 2. The first kappa shape index (κ1) is 23.4. The number of nitrogens with zero attached hydrogens (tertiary/aromatic N) is 4. The maximum atomic E-state index is 13.5. The van der Waals surface area contributed by atoms with Crippen LogP contribution in [0, 0.1) is 5.92 Å². The molecule has 0 radical (unpaired) electrons. The topological polar surface area (TPSA) is 92.5 Å². The molecule has 3 heterocycles. The van der Waals surface area contributed by atoms with Gasteiger partial charge in [0.25, 0.3) is 0 Å². The Morgan fingerprint density at radius 3 is 2.61 bits per heavy atom. The average molecular weight is 456 g/mol. The van der Waals surface area contributed by atoms with E-state index in [-0.39, 0.29) is 30.8 Å². The number of hydrazine groups is 1. The maximum absolute atomic E-state index is 13.5. The summed E-state index contributed by atoms with van der Waals surface area (Å²) in [7, 11) is 1.79. The first-order valence-corrected chi connectivity index (χ1v) is 11.5. The number of piperazine rings is 1. The summed E-state index contributed by atoms with van der Waals surface area (Å²) < 4.78 is 5.49. The van der Waals surface area contributed by atoms with Crippen LogP contribution in [-0.2, 0) is 22.7 Å². The van der Waals surface area contributed by atoms with Crippen LogP contribution in [0.4, 0.5) is 0 Å². The number of carbonyl (C=O) groups is 2. The quantitative estimate of drug-likeness (QED) is 0.582. The molecule has 178 valence electrons. The third kappa shape index (κ3) is 4.81. The summed E-state index contributed by atoms with van der Waals surface area (Å²) in [5, 5.41) is 17.8. The van der Waals surface area contributed by atoms with Crippen LogP contribution in [0.5, 0.6) is 0 Å². The van der Waals surface area contributed by atoms with Crippen LogP contribution in [0.15, 0.2) is 53.1 Å². The summed E-state index contributed by atoms with van der Waals surface area (Å²) >= 11 is 0. The van der Waals surface area contributed by atoms with Crippen LogP contribution in [0.1, 0.15) is 31.6 Å². The maximum Gasteiger partial charge on any atom is 0.246 e. The first-order valence-electron chi connectivity index (χ1n) is 11.5. The van der Waals surface area contributed by atoms with E-state index in [4.69, 9.17) is 4.42 Å². The number of rotatable bonds is 8. The number of benzene rings is 1. The van der Waals surface area contributed by atoms with Gasteiger partial charge in [-0.15, -0.1) is 0 Å². The SMILES string of the molecule is CCC(C)[C@H]1C(=O)N(Cc2ccco2)C[C@H]2N1C(=O)CN(C)N2C(O)NCc1ccccc1. The molecule has 4 rings (SSSR count). The number of aliphatic hydroxyl groups excluding tert-OH is 1. The van der Waals surface area contributed by atoms with Gasteiger partial charge in [-0.1, -0.05) is 50.6 Å². The highest BCUT2D eigenvalue weighted by Gasteiger charge is 2.52. The van der Waals surface area contributed by atoms with Gasteiger partial charge in [0.2, 0.25) is 11.8 Å². The fraction of sp³-hybridized carbons (Fsp3) is 0.500. The molecule has 4 atom stereocenters. The van der Waals surface area contributed by atoms with Gasteiger partial charge < -0.3 is 19.3 Å². The molecule has 9 heteroatoms. The van der Waals surface area contributed by atoms with Gasteiger partial charge in [0.15, 0.2) is 6.35 Å². The summed E-state index contributed by atoms with van der Waals surface area (Å²) in [4.78, 5) is 30.1. The van der Waals surface area contributed by atoms with Crippen molar-refractivity contribution in [1.29, 1.82) is 0 Å². The summed E-state index contributed by atoms with van der Waals surface area (Å²) in [6.45, 7) is 5.17. The van der Waals surface area contributed by atoms with E-state index < -0.39 is 18.6 Å². The second-order valence-electron chi connectivity index (χ2n) is 8.85. The van der Waals surface area contributed by atoms with E-state index in [9.17, 15) is 14.7 Å². The highest BCUT2D eigenvalue weighted by Crippen LogP contribution is 2.31. The standard InChI is InChI=1S/C24H33N5O4/c1-4-17(2)22-23(31)27(14-19-11-8-12-33-19)15-20-28(22)21(30)16-26(3)29(20)24(32)25-13-18-9-6-5-7-10-18/h5-12,17,20,22,24-25,32H,4,13-16H2,1-3H3/t17?,20-,22-,24?/m0/s1. The Labute approximate surface area is 194 Å². The largest absolute Gasteiger partial charge is 0.467 e. The van der Waals surface area contributed by atoms with Gasteiger partial charge in [-0.3, -0.25) is 14.9 Å². The Bertz CT molecular complexity index is 938. The molecular weight excluding hydrogens is 422 g/mol. The number of fused-ring (bicyclic) bond motifs is 1. The van der Waals surface area contributed by atoms with Gasteiger partial charge in [0, 0.05) is 13.6 Å². The minimum absolute atomic E-state index is 0.0250. The normalized spacial score (nSPS) is 24.1. The van der Waals surface area contributed by atoms with E-state index in [1.807, 2.05) is 50.2 Å². The molecule has 2 N–H and O–H groups in total. The molecule has 2 amide bonds. The molecule has 2 unspecified atom stereocenters. The van der Waals surface area contributed by atoms with E-state index in [0.717, 1.165) is 12.0 Å². The van der Waals surface area contributed by atoms with Crippen LogP contribution in [0.3, 0.4) is 0 Å². The average Bonchev–Trinajstić information content (AvgIpc) is 3.32. The van der Waals surface area contributed by atoms with Crippen molar-refractivity contribution in [3.8, 4) is 0 Å². The number of likely N-dealkylation sites (N-methyl/N-ethyl adjacent to an activating group) is 1. The molecule has 0 saturated carbocycles. The lowest BCUT2D eigenvalue weighted by molar-refractivity contribution is -0.243. The summed E-state index contributed by atoms with van der Waals surface area (Å²) in [6, 6.07) is 12.9. The van der Waals surface area contributed by atoms with Gasteiger partial charge in [0.05, 0.1) is 25.9 Å². The predicted octanol–water partition coefficient (Wildman–Crippen LogP) is 1.42. The second-order valence-corrected chi connectivity index (χ2v) is 8.85. The van der Waals surface area contributed by atoms with Gasteiger partial charge >= 0.3 is 0 Å². The molecule has 2 aromatic rings. The lowest BCUT2D eigenvalue weighted by atomic mass is 9.92. The Hall–Kier alpha value is -2.72. The highest BCUT2D eigenvalue weighted by atomic mass is 16.3. The number of aliphatic hydroxyl groups is 1. The zero-order chi connectivity index (χ0) is 23.5. The summed E-state index contributed by atoms with van der Waals surface area (Å²) in [5.41, 5.74) is 1.04. The van der Waals surface area contributed by atoms with Crippen LogP contribution >= 0.6 is 0 Å².